The number of halogens is 1. The molecule has 0 unspecified atom stereocenters. The fourth-order valence-electron chi connectivity index (χ4n) is 2.33. The van der Waals surface area contributed by atoms with Crippen LogP contribution in [0.25, 0.3) is 11.1 Å². The predicted molar refractivity (Wildman–Crippen MR) is 89.4 cm³/mol. The summed E-state index contributed by atoms with van der Waals surface area (Å²) in [6.07, 6.45) is 0. The molecule has 0 radical (unpaired) electrons. The third-order valence-electron chi connectivity index (χ3n) is 3.39. The Bertz CT molecular complexity index is 740. The Hall–Kier alpha value is -2.85. The van der Waals surface area contributed by atoms with Crippen LogP contribution in [0.3, 0.4) is 0 Å². The molecule has 4 heteroatoms. The van der Waals surface area contributed by atoms with Crippen LogP contribution in [-0.4, -0.2) is 0 Å². The van der Waals surface area contributed by atoms with Crippen LogP contribution in [0.2, 0.25) is 0 Å². The normalized spacial score (nSPS) is 10.3. The maximum Gasteiger partial charge on any atom is 0.0950 e. The first kappa shape index (κ1) is 14.1. The van der Waals surface area contributed by atoms with Crippen LogP contribution >= 0.6 is 0 Å². The molecule has 0 spiro atoms. The van der Waals surface area contributed by atoms with Crippen molar-refractivity contribution in [1.82, 2.24) is 0 Å². The van der Waals surface area contributed by atoms with Gasteiger partial charge in [-0.3, -0.25) is 0 Å². The van der Waals surface area contributed by atoms with Gasteiger partial charge in [0.05, 0.1) is 5.69 Å². The van der Waals surface area contributed by atoms with Crippen LogP contribution in [0.1, 0.15) is 0 Å². The average molecular weight is 293 g/mol. The van der Waals surface area contributed by atoms with E-state index in [1.807, 2.05) is 66.7 Å². The Labute approximate surface area is 128 Å². The Morgan fingerprint density at radius 3 is 2.00 bits per heavy atom. The molecule has 0 aliphatic heterocycles. The summed E-state index contributed by atoms with van der Waals surface area (Å²) >= 11 is 0. The van der Waals surface area contributed by atoms with Gasteiger partial charge < -0.3 is 5.32 Å². The lowest BCUT2D eigenvalue weighted by molar-refractivity contribution is 0.445. The predicted octanol–water partition coefficient (Wildman–Crippen LogP) is 4.66. The minimum absolute atomic E-state index is 0.144. The van der Waals surface area contributed by atoms with E-state index in [2.05, 4.69) is 5.32 Å². The van der Waals surface area contributed by atoms with Crippen molar-refractivity contribution >= 4 is 17.1 Å². The van der Waals surface area contributed by atoms with Crippen molar-refractivity contribution in [2.45, 2.75) is 0 Å². The number of nitrogens with one attached hydrogen (secondary N) is 1. The number of para-hydroxylation sites is 2. The molecule has 0 amide bonds. The number of benzene rings is 3. The van der Waals surface area contributed by atoms with Crippen LogP contribution in [0.15, 0.2) is 78.9 Å². The van der Waals surface area contributed by atoms with Gasteiger partial charge in [0.15, 0.2) is 0 Å². The van der Waals surface area contributed by atoms with E-state index < -0.39 is 0 Å². The molecular formula is C18H16FN3. The Balaban J connectivity index is 1.86. The third kappa shape index (κ3) is 3.07. The zero-order valence-electron chi connectivity index (χ0n) is 11.9. The molecular weight excluding hydrogens is 277 g/mol. The lowest BCUT2D eigenvalue weighted by Crippen LogP contribution is -2.20. The number of hydrazine groups is 1. The van der Waals surface area contributed by atoms with Crippen molar-refractivity contribution in [3.63, 3.8) is 0 Å². The maximum absolute atomic E-state index is 13.3. The van der Waals surface area contributed by atoms with Gasteiger partial charge in [-0.15, -0.1) is 5.23 Å². The quantitative estimate of drug-likeness (QED) is 0.417. The van der Waals surface area contributed by atoms with E-state index in [0.717, 1.165) is 22.5 Å². The highest BCUT2D eigenvalue weighted by atomic mass is 19.2. The molecule has 3 rings (SSSR count). The fraction of sp³-hybridized carbons (Fsp3) is 0. The molecule has 0 saturated heterocycles. The van der Waals surface area contributed by atoms with Crippen molar-refractivity contribution in [1.29, 1.82) is 0 Å². The summed E-state index contributed by atoms with van der Waals surface area (Å²) in [4.78, 5) is 0. The number of hydrogen-bond acceptors (Lipinski definition) is 3. The molecule has 0 bridgehead atoms. The number of anilines is 3. The zero-order valence-corrected chi connectivity index (χ0v) is 11.9. The summed E-state index contributed by atoms with van der Waals surface area (Å²) in [5.74, 6) is 5.24. The van der Waals surface area contributed by atoms with Gasteiger partial charge in [0.25, 0.3) is 0 Å². The second-order valence-corrected chi connectivity index (χ2v) is 4.90. The van der Waals surface area contributed by atoms with E-state index in [1.165, 1.54) is 0 Å². The minimum Gasteiger partial charge on any atom is -0.356 e. The molecule has 0 heterocycles. The van der Waals surface area contributed by atoms with Crippen molar-refractivity contribution in [2.24, 2.45) is 5.84 Å². The minimum atomic E-state index is 0.144. The molecule has 0 aromatic heterocycles. The Morgan fingerprint density at radius 1 is 0.727 bits per heavy atom. The first-order valence-electron chi connectivity index (χ1n) is 6.96. The van der Waals surface area contributed by atoms with Gasteiger partial charge in [0.2, 0.25) is 0 Å². The van der Waals surface area contributed by atoms with Crippen molar-refractivity contribution < 1.29 is 4.48 Å². The van der Waals surface area contributed by atoms with Crippen LogP contribution in [0.4, 0.5) is 21.5 Å². The summed E-state index contributed by atoms with van der Waals surface area (Å²) in [5.41, 5.74) is 3.98. The van der Waals surface area contributed by atoms with Gasteiger partial charge in [-0.1, -0.05) is 53.0 Å². The molecule has 0 aliphatic rings. The second-order valence-electron chi connectivity index (χ2n) is 4.90. The monoisotopic (exact) mass is 293 g/mol. The molecule has 0 saturated carbocycles. The maximum atomic E-state index is 13.3. The van der Waals surface area contributed by atoms with Crippen LogP contribution in [0.5, 0.6) is 0 Å². The second kappa shape index (κ2) is 6.28. The van der Waals surface area contributed by atoms with Gasteiger partial charge in [-0.05, 0) is 35.9 Å². The van der Waals surface area contributed by atoms with E-state index >= 15 is 0 Å². The summed E-state index contributed by atoms with van der Waals surface area (Å²) < 4.78 is 13.3. The molecule has 3 N–H and O–H groups in total. The molecule has 22 heavy (non-hydrogen) atoms. The molecule has 0 atom stereocenters. The van der Waals surface area contributed by atoms with E-state index in [0.29, 0.717) is 5.69 Å². The standard InChI is InChI=1S/C18H16FN3/c19-22(20)18-9-5-4-8-17(18)14-10-12-16(13-11-14)21-15-6-2-1-3-7-15/h1-13,21H,20H2. The first-order valence-corrected chi connectivity index (χ1v) is 6.96. The van der Waals surface area contributed by atoms with Crippen LogP contribution in [-0.2, 0) is 0 Å². The van der Waals surface area contributed by atoms with Crippen molar-refractivity contribution in [2.75, 3.05) is 10.5 Å². The molecule has 3 aromatic carbocycles. The van der Waals surface area contributed by atoms with E-state index in [1.54, 1.807) is 12.1 Å². The summed E-state index contributed by atoms with van der Waals surface area (Å²) in [5, 5.41) is 3.46. The highest BCUT2D eigenvalue weighted by molar-refractivity contribution is 5.78. The molecule has 110 valence electrons. The molecule has 3 nitrogen and oxygen atoms in total. The number of rotatable bonds is 4. The third-order valence-corrected chi connectivity index (χ3v) is 3.39. The lowest BCUT2D eigenvalue weighted by Gasteiger charge is -2.13. The highest BCUT2D eigenvalue weighted by Gasteiger charge is 2.08. The summed E-state index contributed by atoms with van der Waals surface area (Å²) in [6.45, 7) is 0. The lowest BCUT2D eigenvalue weighted by atomic mass is 10.0. The largest absolute Gasteiger partial charge is 0.356 e. The Kier molecular flexibility index (Phi) is 4.03. The summed E-state index contributed by atoms with van der Waals surface area (Å²) in [6, 6.07) is 24.8. The van der Waals surface area contributed by atoms with E-state index in [4.69, 9.17) is 5.84 Å². The zero-order chi connectivity index (χ0) is 15.4. The van der Waals surface area contributed by atoms with E-state index in [-0.39, 0.29) is 5.23 Å². The van der Waals surface area contributed by atoms with Crippen molar-refractivity contribution in [3.8, 4) is 11.1 Å². The van der Waals surface area contributed by atoms with Gasteiger partial charge >= 0.3 is 0 Å². The van der Waals surface area contributed by atoms with Gasteiger partial charge in [-0.25, -0.2) is 5.84 Å². The van der Waals surface area contributed by atoms with Gasteiger partial charge in [0.1, 0.15) is 0 Å². The van der Waals surface area contributed by atoms with Crippen LogP contribution < -0.4 is 16.4 Å². The SMILES string of the molecule is NN(F)c1ccccc1-c1ccc(Nc2ccccc2)cc1. The van der Waals surface area contributed by atoms with Gasteiger partial charge in [0, 0.05) is 16.9 Å². The molecule has 0 aliphatic carbocycles. The summed E-state index contributed by atoms with van der Waals surface area (Å²) in [7, 11) is 0. The first-order chi connectivity index (χ1) is 10.7. The van der Waals surface area contributed by atoms with Crippen molar-refractivity contribution in [3.05, 3.63) is 78.9 Å². The average Bonchev–Trinajstić information content (AvgIpc) is 2.56. The smallest absolute Gasteiger partial charge is 0.0950 e. The number of hydrogen-bond donors (Lipinski definition) is 2. The number of nitrogens with two attached hydrogens (primary N) is 1. The topological polar surface area (TPSA) is 41.3 Å². The Morgan fingerprint density at radius 2 is 1.32 bits per heavy atom. The number of nitrogens with zero attached hydrogens (tertiary/aromatic N) is 1. The van der Waals surface area contributed by atoms with E-state index in [9.17, 15) is 4.48 Å². The van der Waals surface area contributed by atoms with Crippen LogP contribution in [0, 0.1) is 0 Å². The van der Waals surface area contributed by atoms with Gasteiger partial charge in [-0.2, -0.15) is 0 Å². The molecule has 3 aromatic rings. The fourth-order valence-corrected chi connectivity index (χ4v) is 2.33. The molecule has 0 fully saturated rings. The highest BCUT2D eigenvalue weighted by Crippen LogP contribution is 2.30.